The molecule has 3 aliphatic heterocycles. The lowest BCUT2D eigenvalue weighted by molar-refractivity contribution is 0.00674. The number of carbonyl (C=O) groups is 2. The molecule has 9 nitrogen and oxygen atoms in total. The first kappa shape index (κ1) is 21.8. The van der Waals surface area contributed by atoms with E-state index in [1.54, 1.807) is 0 Å². The number of aromatic amines is 1. The first-order chi connectivity index (χ1) is 15.8. The molecule has 0 spiro atoms. The second-order valence-electron chi connectivity index (χ2n) is 9.60. The fourth-order valence-corrected chi connectivity index (χ4v) is 5.52. The van der Waals surface area contributed by atoms with E-state index < -0.39 is 11.7 Å². The lowest BCUT2D eigenvalue weighted by atomic mass is 9.93. The predicted octanol–water partition coefficient (Wildman–Crippen LogP) is 3.14. The molecule has 0 bridgehead atoms. The van der Waals surface area contributed by atoms with Crippen molar-refractivity contribution in [3.63, 3.8) is 0 Å². The van der Waals surface area contributed by atoms with Crippen LogP contribution in [-0.2, 0) is 6.54 Å². The van der Waals surface area contributed by atoms with Crippen molar-refractivity contribution in [2.75, 3.05) is 25.0 Å². The highest BCUT2D eigenvalue weighted by Crippen LogP contribution is 2.39. The molecular weight excluding hydrogens is 425 g/mol. The Morgan fingerprint density at radius 3 is 2.88 bits per heavy atom. The number of carbonyl (C=O) groups excluding carboxylic acids is 2. The van der Waals surface area contributed by atoms with Gasteiger partial charge in [-0.1, -0.05) is 6.92 Å². The second kappa shape index (κ2) is 8.09. The average Bonchev–Trinajstić information content (AvgIpc) is 3.47. The number of anilines is 1. The molecule has 2 N–H and O–H groups in total. The van der Waals surface area contributed by atoms with Crippen LogP contribution in [0.5, 0.6) is 0 Å². The topological polar surface area (TPSA) is 97.5 Å². The van der Waals surface area contributed by atoms with Gasteiger partial charge in [0.1, 0.15) is 11.5 Å². The Bertz CT molecular complexity index is 1070. The monoisotopic (exact) mass is 455 g/mol. The van der Waals surface area contributed by atoms with E-state index in [-0.39, 0.29) is 29.3 Å². The maximum Gasteiger partial charge on any atom is 0.321 e. The summed E-state index contributed by atoms with van der Waals surface area (Å²) in [7, 11) is 0. The third-order valence-corrected chi connectivity index (χ3v) is 7.56. The number of nitrogens with one attached hydrogen (secondary N) is 2. The molecule has 3 aliphatic rings. The van der Waals surface area contributed by atoms with E-state index in [1.165, 1.54) is 18.6 Å². The molecule has 2 aromatic heterocycles. The third-order valence-electron chi connectivity index (χ3n) is 7.56. The first-order valence-corrected chi connectivity index (χ1v) is 11.6. The molecular formula is C23H30FN7O2. The number of pyridine rings is 1. The Morgan fingerprint density at radius 1 is 1.33 bits per heavy atom. The van der Waals surface area contributed by atoms with Crippen LogP contribution in [0.25, 0.3) is 0 Å². The minimum atomic E-state index is -0.507. The van der Waals surface area contributed by atoms with Gasteiger partial charge in [-0.2, -0.15) is 5.10 Å². The number of hydrogen-bond acceptors (Lipinski definition) is 5. The number of aromatic nitrogens is 3. The highest BCUT2D eigenvalue weighted by Gasteiger charge is 2.48. The molecule has 10 heteroatoms. The molecule has 3 atom stereocenters. The molecule has 0 aliphatic carbocycles. The highest BCUT2D eigenvalue weighted by atomic mass is 19.1. The zero-order valence-corrected chi connectivity index (χ0v) is 19.3. The Kier molecular flexibility index (Phi) is 5.35. The summed E-state index contributed by atoms with van der Waals surface area (Å²) in [6.07, 6.45) is 4.21. The summed E-state index contributed by atoms with van der Waals surface area (Å²) in [5.74, 6) is -0.603. The minimum Gasteiger partial charge on any atom is -0.319 e. The number of fused-ring (bicyclic) bond motifs is 2. The average molecular weight is 456 g/mol. The number of rotatable bonds is 3. The number of H-pyrrole nitrogens is 1. The summed E-state index contributed by atoms with van der Waals surface area (Å²) in [6.45, 7) is 9.51. The lowest BCUT2D eigenvalue weighted by Gasteiger charge is -2.50. The van der Waals surface area contributed by atoms with E-state index >= 15 is 0 Å². The molecule has 5 rings (SSSR count). The van der Waals surface area contributed by atoms with Gasteiger partial charge in [0.05, 0.1) is 24.5 Å². The van der Waals surface area contributed by atoms with Crippen molar-refractivity contribution < 1.29 is 14.0 Å². The van der Waals surface area contributed by atoms with Crippen molar-refractivity contribution in [1.29, 1.82) is 0 Å². The summed E-state index contributed by atoms with van der Waals surface area (Å²) in [4.78, 5) is 36.5. The van der Waals surface area contributed by atoms with Crippen LogP contribution in [0.1, 0.15) is 67.8 Å². The van der Waals surface area contributed by atoms with Crippen molar-refractivity contribution in [1.82, 2.24) is 29.9 Å². The molecule has 2 unspecified atom stereocenters. The largest absolute Gasteiger partial charge is 0.321 e. The Balaban J connectivity index is 1.33. The van der Waals surface area contributed by atoms with Crippen LogP contribution < -0.4 is 5.32 Å². The summed E-state index contributed by atoms with van der Waals surface area (Å²) in [6, 6.07) is 2.56. The SMILES string of the molecule is CCC1CN2CCC[C@@]2(C)CN1C(=O)N1Cc2c(NC(=O)c3ccc(F)cn3)n[nH]c2C1C. The van der Waals surface area contributed by atoms with Crippen LogP contribution >= 0.6 is 0 Å². The van der Waals surface area contributed by atoms with Crippen molar-refractivity contribution in [3.8, 4) is 0 Å². The second-order valence-corrected chi connectivity index (χ2v) is 9.60. The van der Waals surface area contributed by atoms with Crippen molar-refractivity contribution in [3.05, 3.63) is 41.1 Å². The van der Waals surface area contributed by atoms with Gasteiger partial charge in [0, 0.05) is 30.2 Å². The molecule has 0 aromatic carbocycles. The number of urea groups is 1. The van der Waals surface area contributed by atoms with Crippen molar-refractivity contribution in [2.45, 2.75) is 64.2 Å². The fraction of sp³-hybridized carbons (Fsp3) is 0.565. The van der Waals surface area contributed by atoms with Gasteiger partial charge in [-0.05, 0) is 51.8 Å². The smallest absolute Gasteiger partial charge is 0.319 e. The predicted molar refractivity (Wildman–Crippen MR) is 120 cm³/mol. The number of nitrogens with zero attached hydrogens (tertiary/aromatic N) is 5. The van der Waals surface area contributed by atoms with E-state index in [4.69, 9.17) is 0 Å². The maximum absolute atomic E-state index is 13.7. The zero-order chi connectivity index (χ0) is 23.3. The minimum absolute atomic E-state index is 0.0317. The molecule has 3 amide bonds. The van der Waals surface area contributed by atoms with Crippen LogP contribution in [0.4, 0.5) is 15.0 Å². The summed E-state index contributed by atoms with van der Waals surface area (Å²) in [5.41, 5.74) is 1.76. The molecule has 2 aromatic rings. The Morgan fingerprint density at radius 2 is 2.15 bits per heavy atom. The standard InChI is InChI=1S/C23H30FN7O2/c1-4-16-11-29-9-5-8-23(29,3)13-31(16)22(33)30-12-17-19(14(30)2)27-28-20(17)26-21(32)18-7-6-15(24)10-25-18/h6-7,10,14,16H,4-5,8-9,11-13H2,1-3H3,(H2,26,27,28,32)/t14?,16?,23-/m0/s1. The third kappa shape index (κ3) is 3.66. The number of piperazine rings is 1. The Labute approximate surface area is 192 Å². The van der Waals surface area contributed by atoms with Gasteiger partial charge in [0.15, 0.2) is 5.82 Å². The van der Waals surface area contributed by atoms with Gasteiger partial charge in [-0.15, -0.1) is 0 Å². The molecule has 5 heterocycles. The van der Waals surface area contributed by atoms with E-state index in [1.807, 2.05) is 11.8 Å². The number of amides is 3. The van der Waals surface area contributed by atoms with Crippen molar-refractivity contribution in [2.24, 2.45) is 0 Å². The normalized spacial score (nSPS) is 26.9. The summed E-state index contributed by atoms with van der Waals surface area (Å²) in [5, 5.41) is 9.99. The van der Waals surface area contributed by atoms with Crippen LogP contribution in [0, 0.1) is 5.82 Å². The van der Waals surface area contributed by atoms with Crippen LogP contribution in [0.3, 0.4) is 0 Å². The molecule has 2 fully saturated rings. The summed E-state index contributed by atoms with van der Waals surface area (Å²) < 4.78 is 13.1. The van der Waals surface area contributed by atoms with Gasteiger partial charge < -0.3 is 15.1 Å². The molecule has 176 valence electrons. The highest BCUT2D eigenvalue weighted by molar-refractivity contribution is 6.02. The molecule has 0 saturated carbocycles. The van der Waals surface area contributed by atoms with E-state index in [0.717, 1.165) is 49.9 Å². The van der Waals surface area contributed by atoms with E-state index in [9.17, 15) is 14.0 Å². The maximum atomic E-state index is 13.7. The number of halogens is 1. The van der Waals surface area contributed by atoms with Crippen LogP contribution in [-0.4, -0.2) is 73.0 Å². The van der Waals surface area contributed by atoms with Crippen LogP contribution in [0.15, 0.2) is 18.3 Å². The first-order valence-electron chi connectivity index (χ1n) is 11.6. The van der Waals surface area contributed by atoms with Gasteiger partial charge in [0.2, 0.25) is 0 Å². The van der Waals surface area contributed by atoms with Crippen molar-refractivity contribution >= 4 is 17.8 Å². The number of hydrogen-bond donors (Lipinski definition) is 2. The summed E-state index contributed by atoms with van der Waals surface area (Å²) >= 11 is 0. The lowest BCUT2D eigenvalue weighted by Crippen LogP contribution is -2.64. The molecule has 0 radical (unpaired) electrons. The van der Waals surface area contributed by atoms with E-state index in [0.29, 0.717) is 12.4 Å². The zero-order valence-electron chi connectivity index (χ0n) is 19.3. The Hall–Kier alpha value is -3.01. The van der Waals surface area contributed by atoms with Gasteiger partial charge in [-0.3, -0.25) is 14.8 Å². The van der Waals surface area contributed by atoms with Gasteiger partial charge >= 0.3 is 6.03 Å². The quantitative estimate of drug-likeness (QED) is 0.741. The van der Waals surface area contributed by atoms with Gasteiger partial charge in [0.25, 0.3) is 5.91 Å². The fourth-order valence-electron chi connectivity index (χ4n) is 5.52. The van der Waals surface area contributed by atoms with Crippen LogP contribution in [0.2, 0.25) is 0 Å². The van der Waals surface area contributed by atoms with Gasteiger partial charge in [-0.25, -0.2) is 14.2 Å². The van der Waals surface area contributed by atoms with E-state index in [2.05, 4.69) is 44.1 Å². The molecule has 2 saturated heterocycles. The molecule has 33 heavy (non-hydrogen) atoms.